The highest BCUT2D eigenvalue weighted by Gasteiger charge is 2.20. The molecule has 0 rings (SSSR count). The van der Waals surface area contributed by atoms with Crippen LogP contribution in [-0.2, 0) is 19.1 Å². The molecule has 1 atom stereocenters. The summed E-state index contributed by atoms with van der Waals surface area (Å²) in [5.41, 5.74) is -0.627. The van der Waals surface area contributed by atoms with Crippen molar-refractivity contribution in [2.24, 2.45) is 0 Å². The van der Waals surface area contributed by atoms with E-state index in [1.54, 1.807) is 20.8 Å². The number of alkyl carbamates (subject to hydrolysis) is 1. The molecule has 0 heterocycles. The second-order valence-corrected chi connectivity index (χ2v) is 4.69. The van der Waals surface area contributed by atoms with Crippen LogP contribution >= 0.6 is 0 Å². The van der Waals surface area contributed by atoms with Gasteiger partial charge in [0.1, 0.15) is 11.6 Å². The molecule has 0 aliphatic carbocycles. The molecule has 18 heavy (non-hydrogen) atoms. The maximum Gasteiger partial charge on any atom is 0.408 e. The standard InChI is InChI=1S/C11H20N2O5/c1-7(9(15)12-6-17-8(2)14)13-10(16)18-11(3,4)5/h7H,6H2,1-5H3,(H,12,15)(H,13,16)/t7-/m0/s1. The molecule has 0 aromatic rings. The van der Waals surface area contributed by atoms with E-state index in [2.05, 4.69) is 15.4 Å². The van der Waals surface area contributed by atoms with Gasteiger partial charge in [-0.15, -0.1) is 0 Å². The zero-order valence-electron chi connectivity index (χ0n) is 11.3. The lowest BCUT2D eigenvalue weighted by molar-refractivity contribution is -0.143. The minimum Gasteiger partial charge on any atom is -0.445 e. The predicted octanol–water partition coefficient (Wildman–Crippen LogP) is 0.536. The summed E-state index contributed by atoms with van der Waals surface area (Å²) in [6.07, 6.45) is -0.683. The molecule has 0 aromatic carbocycles. The zero-order valence-corrected chi connectivity index (χ0v) is 11.3. The highest BCUT2D eigenvalue weighted by molar-refractivity contribution is 5.85. The summed E-state index contributed by atoms with van der Waals surface area (Å²) >= 11 is 0. The van der Waals surface area contributed by atoms with E-state index in [0.29, 0.717) is 0 Å². The lowest BCUT2D eigenvalue weighted by atomic mass is 10.2. The van der Waals surface area contributed by atoms with Gasteiger partial charge >= 0.3 is 12.1 Å². The predicted molar refractivity (Wildman–Crippen MR) is 63.6 cm³/mol. The van der Waals surface area contributed by atoms with Gasteiger partial charge in [0.05, 0.1) is 0 Å². The van der Waals surface area contributed by atoms with Gasteiger partial charge in [0, 0.05) is 6.92 Å². The third kappa shape index (κ3) is 8.37. The number of nitrogens with one attached hydrogen (secondary N) is 2. The Morgan fingerprint density at radius 3 is 2.22 bits per heavy atom. The lowest BCUT2D eigenvalue weighted by Gasteiger charge is -2.21. The van der Waals surface area contributed by atoms with Crippen molar-refractivity contribution in [3.8, 4) is 0 Å². The topological polar surface area (TPSA) is 93.7 Å². The summed E-state index contributed by atoms with van der Waals surface area (Å²) in [5.74, 6) is -0.967. The van der Waals surface area contributed by atoms with E-state index in [1.807, 2.05) is 0 Å². The average molecular weight is 260 g/mol. The summed E-state index contributed by atoms with van der Waals surface area (Å²) in [6.45, 7) is 7.66. The van der Waals surface area contributed by atoms with Gasteiger partial charge in [-0.05, 0) is 27.7 Å². The van der Waals surface area contributed by atoms with Crippen LogP contribution in [0.25, 0.3) is 0 Å². The molecule has 0 unspecified atom stereocenters. The number of carbonyl (C=O) groups is 3. The minimum atomic E-state index is -0.782. The highest BCUT2D eigenvalue weighted by atomic mass is 16.6. The Balaban J connectivity index is 4.00. The maximum absolute atomic E-state index is 11.5. The Morgan fingerprint density at radius 2 is 1.78 bits per heavy atom. The molecule has 0 bridgehead atoms. The second-order valence-electron chi connectivity index (χ2n) is 4.69. The van der Waals surface area contributed by atoms with Crippen LogP contribution in [0, 0.1) is 0 Å². The molecule has 7 nitrogen and oxygen atoms in total. The first kappa shape index (κ1) is 16.2. The van der Waals surface area contributed by atoms with E-state index in [9.17, 15) is 14.4 Å². The number of amides is 2. The van der Waals surface area contributed by atoms with Gasteiger partial charge in [-0.25, -0.2) is 4.79 Å². The molecule has 104 valence electrons. The van der Waals surface area contributed by atoms with Crippen LogP contribution in [0.4, 0.5) is 4.79 Å². The Kier molecular flexibility index (Phi) is 6.15. The fourth-order valence-corrected chi connectivity index (χ4v) is 0.912. The molecular weight excluding hydrogens is 240 g/mol. The van der Waals surface area contributed by atoms with Crippen LogP contribution in [0.15, 0.2) is 0 Å². The molecule has 2 N–H and O–H groups in total. The zero-order chi connectivity index (χ0) is 14.3. The fraction of sp³-hybridized carbons (Fsp3) is 0.727. The molecular formula is C11H20N2O5. The lowest BCUT2D eigenvalue weighted by Crippen LogP contribution is -2.47. The molecule has 0 saturated carbocycles. The number of ether oxygens (including phenoxy) is 2. The summed E-state index contributed by atoms with van der Waals surface area (Å²) in [7, 11) is 0. The van der Waals surface area contributed by atoms with Gasteiger partial charge in [0.25, 0.3) is 0 Å². The van der Waals surface area contributed by atoms with Crippen molar-refractivity contribution >= 4 is 18.0 Å². The van der Waals surface area contributed by atoms with E-state index < -0.39 is 29.6 Å². The molecule has 0 spiro atoms. The van der Waals surface area contributed by atoms with Crippen molar-refractivity contribution in [2.75, 3.05) is 6.73 Å². The van der Waals surface area contributed by atoms with E-state index in [0.717, 1.165) is 0 Å². The molecule has 7 heteroatoms. The first-order chi connectivity index (χ1) is 8.11. The smallest absolute Gasteiger partial charge is 0.408 e. The summed E-state index contributed by atoms with van der Waals surface area (Å²) in [4.78, 5) is 33.3. The fourth-order valence-electron chi connectivity index (χ4n) is 0.912. The van der Waals surface area contributed by atoms with Crippen LogP contribution in [0.1, 0.15) is 34.6 Å². The van der Waals surface area contributed by atoms with Crippen LogP contribution < -0.4 is 10.6 Å². The van der Waals surface area contributed by atoms with E-state index in [1.165, 1.54) is 13.8 Å². The number of rotatable bonds is 4. The quantitative estimate of drug-likeness (QED) is 0.568. The molecule has 0 aromatic heterocycles. The first-order valence-electron chi connectivity index (χ1n) is 5.52. The normalized spacial score (nSPS) is 12.3. The second kappa shape index (κ2) is 6.83. The Labute approximate surface area is 106 Å². The summed E-state index contributed by atoms with van der Waals surface area (Å²) in [6, 6.07) is -0.782. The van der Waals surface area contributed by atoms with Crippen molar-refractivity contribution in [1.29, 1.82) is 0 Å². The molecule has 0 saturated heterocycles. The Hall–Kier alpha value is -1.79. The Bertz CT molecular complexity index is 322. The van der Waals surface area contributed by atoms with E-state index >= 15 is 0 Å². The molecule has 0 fully saturated rings. The van der Waals surface area contributed by atoms with Crippen LogP contribution in [0.2, 0.25) is 0 Å². The Morgan fingerprint density at radius 1 is 1.22 bits per heavy atom. The van der Waals surface area contributed by atoms with Gasteiger partial charge in [0.15, 0.2) is 6.73 Å². The molecule has 0 radical (unpaired) electrons. The van der Waals surface area contributed by atoms with E-state index in [4.69, 9.17) is 4.74 Å². The number of esters is 1. The van der Waals surface area contributed by atoms with Gasteiger partial charge < -0.3 is 20.1 Å². The molecule has 0 aliphatic heterocycles. The van der Waals surface area contributed by atoms with Crippen molar-refractivity contribution < 1.29 is 23.9 Å². The molecule has 2 amide bonds. The maximum atomic E-state index is 11.5. The van der Waals surface area contributed by atoms with Gasteiger partial charge in [-0.2, -0.15) is 0 Å². The highest BCUT2D eigenvalue weighted by Crippen LogP contribution is 2.06. The molecule has 0 aliphatic rings. The average Bonchev–Trinajstić information content (AvgIpc) is 2.13. The largest absolute Gasteiger partial charge is 0.445 e. The number of hydrogen-bond acceptors (Lipinski definition) is 5. The van der Waals surface area contributed by atoms with Crippen molar-refractivity contribution in [1.82, 2.24) is 10.6 Å². The SMILES string of the molecule is CC(=O)OCNC(=O)[C@H](C)NC(=O)OC(C)(C)C. The van der Waals surface area contributed by atoms with Crippen LogP contribution in [0.3, 0.4) is 0 Å². The third-order valence-corrected chi connectivity index (χ3v) is 1.65. The minimum absolute atomic E-state index is 0.228. The monoisotopic (exact) mass is 260 g/mol. The van der Waals surface area contributed by atoms with Crippen molar-refractivity contribution in [2.45, 2.75) is 46.3 Å². The summed E-state index contributed by atoms with van der Waals surface area (Å²) in [5, 5.41) is 4.69. The van der Waals surface area contributed by atoms with Gasteiger partial charge in [-0.3, -0.25) is 9.59 Å². The summed E-state index contributed by atoms with van der Waals surface area (Å²) < 4.78 is 9.52. The van der Waals surface area contributed by atoms with E-state index in [-0.39, 0.29) is 6.73 Å². The van der Waals surface area contributed by atoms with Gasteiger partial charge in [0.2, 0.25) is 5.91 Å². The van der Waals surface area contributed by atoms with Gasteiger partial charge in [-0.1, -0.05) is 0 Å². The number of hydrogen-bond donors (Lipinski definition) is 2. The first-order valence-corrected chi connectivity index (χ1v) is 5.52. The van der Waals surface area contributed by atoms with Crippen LogP contribution in [0.5, 0.6) is 0 Å². The third-order valence-electron chi connectivity index (χ3n) is 1.65. The van der Waals surface area contributed by atoms with Crippen molar-refractivity contribution in [3.05, 3.63) is 0 Å². The van der Waals surface area contributed by atoms with Crippen LogP contribution in [-0.4, -0.2) is 36.3 Å². The number of carbonyl (C=O) groups excluding carboxylic acids is 3. The van der Waals surface area contributed by atoms with Crippen molar-refractivity contribution in [3.63, 3.8) is 0 Å².